The maximum absolute atomic E-state index is 15.6. The van der Waals surface area contributed by atoms with Crippen molar-refractivity contribution in [2.45, 2.75) is 57.7 Å². The molecule has 2 N–H and O–H groups in total. The zero-order valence-corrected chi connectivity index (χ0v) is 20.6. The van der Waals surface area contributed by atoms with E-state index in [2.05, 4.69) is 4.72 Å². The standard InChI is InChI=1S/C25H29F3N2O4S/c1-4-35(33,34)29-22-20(30(14-25(22)8-9-25)23(31)24(2,3)32)12-15-6-5-7-19(21(15)28)16-10-17(26)13-18(27)11-16/h5-7,10-11,13,20,22,29,32H,4,8-9,12,14H2,1-3H3. The molecule has 35 heavy (non-hydrogen) atoms. The number of carbonyl (C=O) groups excluding carboxylic acids is 1. The second-order valence-electron chi connectivity index (χ2n) is 10.1. The Labute approximate surface area is 203 Å². The van der Waals surface area contributed by atoms with Crippen molar-refractivity contribution in [2.24, 2.45) is 5.41 Å². The summed E-state index contributed by atoms with van der Waals surface area (Å²) < 4.78 is 70.9. The molecule has 0 bridgehead atoms. The van der Waals surface area contributed by atoms with E-state index in [1.165, 1.54) is 37.8 Å². The van der Waals surface area contributed by atoms with Gasteiger partial charge in [-0.2, -0.15) is 0 Å². The summed E-state index contributed by atoms with van der Waals surface area (Å²) in [5, 5.41) is 10.4. The Balaban J connectivity index is 1.75. The van der Waals surface area contributed by atoms with E-state index in [4.69, 9.17) is 0 Å². The van der Waals surface area contributed by atoms with Gasteiger partial charge in [0.1, 0.15) is 23.1 Å². The highest BCUT2D eigenvalue weighted by Crippen LogP contribution is 2.56. The van der Waals surface area contributed by atoms with Gasteiger partial charge in [0, 0.05) is 29.6 Å². The van der Waals surface area contributed by atoms with E-state index in [0.29, 0.717) is 18.9 Å². The fourth-order valence-corrected chi connectivity index (χ4v) is 5.91. The molecule has 6 nitrogen and oxygen atoms in total. The zero-order chi connectivity index (χ0) is 25.8. The van der Waals surface area contributed by atoms with Crippen molar-refractivity contribution < 1.29 is 31.5 Å². The summed E-state index contributed by atoms with van der Waals surface area (Å²) in [6, 6.07) is 5.80. The van der Waals surface area contributed by atoms with Gasteiger partial charge in [-0.15, -0.1) is 0 Å². The highest BCUT2D eigenvalue weighted by atomic mass is 32.2. The molecule has 2 fully saturated rings. The normalized spacial score (nSPS) is 21.5. The third kappa shape index (κ3) is 5.10. The first-order valence-electron chi connectivity index (χ1n) is 11.5. The number of benzene rings is 2. The van der Waals surface area contributed by atoms with E-state index < -0.39 is 56.5 Å². The van der Waals surface area contributed by atoms with Crippen molar-refractivity contribution in [3.8, 4) is 11.1 Å². The average Bonchev–Trinajstić information content (AvgIpc) is 3.48. The molecular weight excluding hydrogens is 481 g/mol. The Kier molecular flexibility index (Phi) is 6.53. The first-order valence-corrected chi connectivity index (χ1v) is 13.2. The van der Waals surface area contributed by atoms with Gasteiger partial charge in [-0.05, 0) is 63.3 Å². The summed E-state index contributed by atoms with van der Waals surface area (Å²) in [4.78, 5) is 14.6. The third-order valence-corrected chi connectivity index (χ3v) is 8.35. The van der Waals surface area contributed by atoms with E-state index in [0.717, 1.165) is 12.1 Å². The smallest absolute Gasteiger partial charge is 0.254 e. The number of halogens is 3. The van der Waals surface area contributed by atoms with Crippen LogP contribution in [0, 0.1) is 22.9 Å². The molecule has 2 aromatic carbocycles. The van der Waals surface area contributed by atoms with E-state index in [9.17, 15) is 27.1 Å². The predicted octanol–water partition coefficient (Wildman–Crippen LogP) is 3.38. The van der Waals surface area contributed by atoms with Gasteiger partial charge in [0.2, 0.25) is 10.0 Å². The van der Waals surface area contributed by atoms with Gasteiger partial charge in [0.25, 0.3) is 5.91 Å². The molecule has 0 aromatic heterocycles. The topological polar surface area (TPSA) is 86.7 Å². The van der Waals surface area contributed by atoms with Crippen LogP contribution in [-0.4, -0.2) is 54.3 Å². The Morgan fingerprint density at radius 1 is 1.17 bits per heavy atom. The lowest BCUT2D eigenvalue weighted by Gasteiger charge is -2.32. The lowest BCUT2D eigenvalue weighted by Crippen LogP contribution is -2.53. The van der Waals surface area contributed by atoms with Gasteiger partial charge in [-0.25, -0.2) is 26.3 Å². The van der Waals surface area contributed by atoms with E-state index in [1.54, 1.807) is 6.07 Å². The lowest BCUT2D eigenvalue weighted by atomic mass is 9.91. The molecule has 1 saturated carbocycles. The molecule has 2 atom stereocenters. The fraction of sp³-hybridized carbons (Fsp3) is 0.480. The molecule has 1 aliphatic heterocycles. The third-order valence-electron chi connectivity index (χ3n) is 6.97. The molecular formula is C25H29F3N2O4S. The second kappa shape index (κ2) is 8.90. The van der Waals surface area contributed by atoms with Gasteiger partial charge in [0.05, 0.1) is 11.8 Å². The Morgan fingerprint density at radius 3 is 2.34 bits per heavy atom. The predicted molar refractivity (Wildman–Crippen MR) is 125 cm³/mol. The van der Waals surface area contributed by atoms with Gasteiger partial charge in [-0.3, -0.25) is 4.79 Å². The molecule has 2 aromatic rings. The number of sulfonamides is 1. The van der Waals surface area contributed by atoms with Crippen molar-refractivity contribution in [3.63, 3.8) is 0 Å². The number of aliphatic hydroxyl groups is 1. The summed E-state index contributed by atoms with van der Waals surface area (Å²) in [6.45, 7) is 4.46. The minimum absolute atomic E-state index is 0.00825. The summed E-state index contributed by atoms with van der Waals surface area (Å²) in [7, 11) is -3.64. The first-order chi connectivity index (χ1) is 16.3. The van der Waals surface area contributed by atoms with Crippen LogP contribution in [0.5, 0.6) is 0 Å². The van der Waals surface area contributed by atoms with Crippen LogP contribution in [0.2, 0.25) is 0 Å². The molecule has 1 heterocycles. The van der Waals surface area contributed by atoms with Gasteiger partial charge in [-0.1, -0.05) is 18.2 Å². The second-order valence-corrected chi connectivity index (χ2v) is 12.1. The van der Waals surface area contributed by atoms with Crippen LogP contribution < -0.4 is 4.72 Å². The molecule has 2 unspecified atom stereocenters. The van der Waals surface area contributed by atoms with Crippen LogP contribution in [-0.2, 0) is 21.2 Å². The van der Waals surface area contributed by atoms with E-state index >= 15 is 4.39 Å². The molecule has 190 valence electrons. The number of nitrogens with zero attached hydrogens (tertiary/aromatic N) is 1. The zero-order valence-electron chi connectivity index (χ0n) is 19.8. The SMILES string of the molecule is CCS(=O)(=O)NC1C(Cc2cccc(-c3cc(F)cc(F)c3)c2F)N(C(=O)C(C)(C)O)CC12CC2. The minimum Gasteiger partial charge on any atom is -0.381 e. The molecule has 2 aliphatic rings. The summed E-state index contributed by atoms with van der Waals surface area (Å²) in [5.74, 6) is -3.11. The van der Waals surface area contributed by atoms with Crippen LogP contribution >= 0.6 is 0 Å². The number of hydrogen-bond acceptors (Lipinski definition) is 4. The quantitative estimate of drug-likeness (QED) is 0.598. The number of nitrogens with one attached hydrogen (secondary N) is 1. The summed E-state index contributed by atoms with van der Waals surface area (Å²) in [6.07, 6.45) is 1.35. The maximum atomic E-state index is 15.6. The molecule has 4 rings (SSSR count). The lowest BCUT2D eigenvalue weighted by molar-refractivity contribution is -0.149. The van der Waals surface area contributed by atoms with Crippen LogP contribution in [0.15, 0.2) is 36.4 Å². The van der Waals surface area contributed by atoms with Gasteiger partial charge < -0.3 is 10.0 Å². The van der Waals surface area contributed by atoms with Crippen molar-refractivity contribution >= 4 is 15.9 Å². The minimum atomic E-state index is -3.64. The summed E-state index contributed by atoms with van der Waals surface area (Å²) >= 11 is 0. The number of likely N-dealkylation sites (tertiary alicyclic amines) is 1. The molecule has 1 aliphatic carbocycles. The number of carbonyl (C=O) groups is 1. The number of hydrogen-bond donors (Lipinski definition) is 2. The van der Waals surface area contributed by atoms with Crippen molar-refractivity contribution in [2.75, 3.05) is 12.3 Å². The van der Waals surface area contributed by atoms with Crippen LogP contribution in [0.1, 0.15) is 39.2 Å². The average molecular weight is 511 g/mol. The maximum Gasteiger partial charge on any atom is 0.254 e. The number of rotatable bonds is 7. The molecule has 1 amide bonds. The molecule has 0 radical (unpaired) electrons. The highest BCUT2D eigenvalue weighted by Gasteiger charge is 2.62. The Bertz CT molecular complexity index is 1240. The first kappa shape index (κ1) is 25.7. The van der Waals surface area contributed by atoms with Crippen LogP contribution in [0.4, 0.5) is 13.2 Å². The largest absolute Gasteiger partial charge is 0.381 e. The van der Waals surface area contributed by atoms with E-state index in [-0.39, 0.29) is 35.4 Å². The Hall–Kier alpha value is -2.43. The van der Waals surface area contributed by atoms with Crippen molar-refractivity contribution in [1.82, 2.24) is 9.62 Å². The monoisotopic (exact) mass is 510 g/mol. The van der Waals surface area contributed by atoms with Gasteiger partial charge >= 0.3 is 0 Å². The van der Waals surface area contributed by atoms with Crippen LogP contribution in [0.25, 0.3) is 11.1 Å². The van der Waals surface area contributed by atoms with Gasteiger partial charge in [0.15, 0.2) is 0 Å². The Morgan fingerprint density at radius 2 is 1.80 bits per heavy atom. The molecule has 10 heteroatoms. The molecule has 1 spiro atoms. The van der Waals surface area contributed by atoms with Crippen molar-refractivity contribution in [1.29, 1.82) is 0 Å². The summed E-state index contributed by atoms with van der Waals surface area (Å²) in [5.41, 5.74) is -1.99. The fourth-order valence-electron chi connectivity index (χ4n) is 4.95. The van der Waals surface area contributed by atoms with E-state index in [1.807, 2.05) is 0 Å². The highest BCUT2D eigenvalue weighted by molar-refractivity contribution is 7.89. The van der Waals surface area contributed by atoms with Crippen molar-refractivity contribution in [3.05, 3.63) is 59.4 Å². The van der Waals surface area contributed by atoms with Crippen LogP contribution in [0.3, 0.4) is 0 Å². The number of amides is 1. The molecule has 1 saturated heterocycles.